The SMILES string of the molecule is Cc1ccc(-c2ccc(C(CN3CCN(C)CC3)C3CCCC(O)(C(CN4CCN(C)CC4)c4ccc(-c5ccc(C)cc5)cc4)C3)cc2)cc1.Cl.Cl. The molecule has 2 saturated heterocycles. The number of rotatable bonds is 10. The zero-order valence-corrected chi connectivity index (χ0v) is 34.1. The van der Waals surface area contributed by atoms with E-state index in [1.807, 2.05) is 0 Å². The summed E-state index contributed by atoms with van der Waals surface area (Å²) in [4.78, 5) is 10.2. The maximum absolute atomic E-state index is 13.0. The van der Waals surface area contributed by atoms with Gasteiger partial charge in [0, 0.05) is 71.4 Å². The summed E-state index contributed by atoms with van der Waals surface area (Å²) >= 11 is 0. The Morgan fingerprint density at radius 3 is 1.42 bits per heavy atom. The van der Waals surface area contributed by atoms with Crippen LogP contribution in [-0.4, -0.2) is 110 Å². The van der Waals surface area contributed by atoms with Gasteiger partial charge in [0.25, 0.3) is 0 Å². The Morgan fingerprint density at radius 1 is 0.566 bits per heavy atom. The zero-order valence-electron chi connectivity index (χ0n) is 32.4. The molecule has 3 aliphatic rings. The van der Waals surface area contributed by atoms with Gasteiger partial charge >= 0.3 is 0 Å². The van der Waals surface area contributed by atoms with Crippen molar-refractivity contribution in [3.8, 4) is 22.3 Å². The molecule has 286 valence electrons. The standard InChI is InChI=1S/C46H60N4O.2ClH/c1-35-7-11-37(12-8-35)39-15-19-41(20-16-39)44(33-49-28-24-47(3)25-29-49)43-6-5-23-46(51,32-43)45(34-50-30-26-48(4)27-31-50)42-21-17-40(18-22-42)38-13-9-36(2)10-14-38;;/h7-22,43-45,51H,5-6,23-34H2,1-4H3;2*1H. The lowest BCUT2D eigenvalue weighted by Gasteiger charge is -2.47. The lowest BCUT2D eigenvalue weighted by atomic mass is 9.65. The number of aryl methyl sites for hydroxylation is 2. The number of hydrogen-bond acceptors (Lipinski definition) is 5. The van der Waals surface area contributed by atoms with Crippen molar-refractivity contribution in [2.45, 2.75) is 57.0 Å². The molecule has 7 rings (SSSR count). The predicted octanol–water partition coefficient (Wildman–Crippen LogP) is 8.76. The summed E-state index contributed by atoms with van der Waals surface area (Å²) in [5.41, 5.74) is 9.58. The van der Waals surface area contributed by atoms with E-state index in [1.54, 1.807) is 0 Å². The summed E-state index contributed by atoms with van der Waals surface area (Å²) in [6.07, 6.45) is 3.97. The molecular formula is C46H62Cl2N4O. The summed E-state index contributed by atoms with van der Waals surface area (Å²) in [6, 6.07) is 36.4. The summed E-state index contributed by atoms with van der Waals surface area (Å²) in [5, 5.41) is 13.0. The third-order valence-corrected chi connectivity index (χ3v) is 12.5. The fraction of sp³-hybridized carbons (Fsp3) is 0.478. The Morgan fingerprint density at radius 2 is 0.962 bits per heavy atom. The summed E-state index contributed by atoms with van der Waals surface area (Å²) in [6.45, 7) is 15.1. The summed E-state index contributed by atoms with van der Waals surface area (Å²) in [5.74, 6) is 0.889. The number of nitrogens with zero attached hydrogens (tertiary/aromatic N) is 4. The maximum Gasteiger partial charge on any atom is 0.0731 e. The molecule has 2 heterocycles. The summed E-state index contributed by atoms with van der Waals surface area (Å²) < 4.78 is 0. The largest absolute Gasteiger partial charge is 0.389 e. The molecule has 7 heteroatoms. The quantitative estimate of drug-likeness (QED) is 0.175. The molecule has 1 N–H and O–H groups in total. The van der Waals surface area contributed by atoms with E-state index in [9.17, 15) is 5.11 Å². The zero-order chi connectivity index (χ0) is 35.4. The number of benzene rings is 4. The van der Waals surface area contributed by atoms with Crippen molar-refractivity contribution in [3.63, 3.8) is 0 Å². The molecule has 0 bridgehead atoms. The molecule has 4 aromatic rings. The van der Waals surface area contributed by atoms with E-state index in [-0.39, 0.29) is 30.7 Å². The van der Waals surface area contributed by atoms with Crippen LogP contribution in [0.2, 0.25) is 0 Å². The smallest absolute Gasteiger partial charge is 0.0731 e. The van der Waals surface area contributed by atoms with Crippen LogP contribution in [0.15, 0.2) is 97.1 Å². The van der Waals surface area contributed by atoms with Crippen molar-refractivity contribution in [2.75, 3.05) is 79.5 Å². The van der Waals surface area contributed by atoms with Crippen molar-refractivity contribution in [2.24, 2.45) is 5.92 Å². The first-order valence-electron chi connectivity index (χ1n) is 19.6. The first-order chi connectivity index (χ1) is 24.7. The topological polar surface area (TPSA) is 33.2 Å². The molecule has 1 saturated carbocycles. The van der Waals surface area contributed by atoms with Crippen LogP contribution in [0, 0.1) is 19.8 Å². The molecule has 1 aliphatic carbocycles. The molecular weight excluding hydrogens is 695 g/mol. The molecule has 0 amide bonds. The van der Waals surface area contributed by atoms with Gasteiger partial charge in [-0.15, -0.1) is 24.8 Å². The van der Waals surface area contributed by atoms with Crippen LogP contribution in [0.25, 0.3) is 22.3 Å². The van der Waals surface area contributed by atoms with E-state index in [0.717, 1.165) is 84.7 Å². The van der Waals surface area contributed by atoms with Gasteiger partial charge in [-0.3, -0.25) is 0 Å². The molecule has 4 atom stereocenters. The van der Waals surface area contributed by atoms with Crippen molar-refractivity contribution in [1.29, 1.82) is 0 Å². The number of piperazine rings is 2. The lowest BCUT2D eigenvalue weighted by molar-refractivity contribution is -0.0553. The maximum atomic E-state index is 13.0. The second-order valence-corrected chi connectivity index (χ2v) is 16.3. The van der Waals surface area contributed by atoms with E-state index in [4.69, 9.17) is 0 Å². The lowest BCUT2D eigenvalue weighted by Crippen LogP contribution is -2.51. The minimum absolute atomic E-state index is 0. The van der Waals surface area contributed by atoms with Crippen molar-refractivity contribution in [1.82, 2.24) is 19.6 Å². The third kappa shape index (κ3) is 10.3. The molecule has 4 unspecified atom stereocenters. The highest BCUT2D eigenvalue weighted by atomic mass is 35.5. The van der Waals surface area contributed by atoms with Gasteiger partial charge in [-0.05, 0) is 92.4 Å². The minimum Gasteiger partial charge on any atom is -0.389 e. The Bertz CT molecular complexity index is 1680. The number of halogens is 2. The van der Waals surface area contributed by atoms with E-state index < -0.39 is 5.60 Å². The van der Waals surface area contributed by atoms with E-state index in [1.165, 1.54) is 50.9 Å². The van der Waals surface area contributed by atoms with Gasteiger partial charge in [0.1, 0.15) is 0 Å². The van der Waals surface area contributed by atoms with Crippen LogP contribution in [0.4, 0.5) is 0 Å². The van der Waals surface area contributed by atoms with Crippen molar-refractivity contribution < 1.29 is 5.11 Å². The monoisotopic (exact) mass is 756 g/mol. The minimum atomic E-state index is -0.750. The highest BCUT2D eigenvalue weighted by Crippen LogP contribution is 2.47. The van der Waals surface area contributed by atoms with Crippen molar-refractivity contribution in [3.05, 3.63) is 119 Å². The first-order valence-corrected chi connectivity index (χ1v) is 19.6. The highest BCUT2D eigenvalue weighted by Gasteiger charge is 2.45. The van der Waals surface area contributed by atoms with Crippen LogP contribution in [0.5, 0.6) is 0 Å². The summed E-state index contributed by atoms with van der Waals surface area (Å²) in [7, 11) is 4.47. The normalized spacial score (nSPS) is 23.1. The molecule has 0 aromatic heterocycles. The first kappa shape index (κ1) is 41.4. The second kappa shape index (κ2) is 18.7. The molecule has 0 spiro atoms. The fourth-order valence-electron chi connectivity index (χ4n) is 9.02. The molecule has 3 fully saturated rings. The Balaban J connectivity index is 0.00000271. The number of likely N-dealkylation sites (N-methyl/N-ethyl adjacent to an activating group) is 2. The van der Waals surface area contributed by atoms with Crippen LogP contribution in [0.3, 0.4) is 0 Å². The van der Waals surface area contributed by atoms with Gasteiger partial charge in [-0.25, -0.2) is 0 Å². The number of aliphatic hydroxyl groups is 1. The molecule has 2 aliphatic heterocycles. The second-order valence-electron chi connectivity index (χ2n) is 16.3. The fourth-order valence-corrected chi connectivity index (χ4v) is 9.02. The highest BCUT2D eigenvalue weighted by molar-refractivity contribution is 5.85. The Hall–Kier alpha value is -2.74. The Kier molecular flexibility index (Phi) is 14.6. The van der Waals surface area contributed by atoms with Gasteiger partial charge < -0.3 is 24.7 Å². The van der Waals surface area contributed by atoms with E-state index >= 15 is 0 Å². The van der Waals surface area contributed by atoms with Crippen LogP contribution < -0.4 is 0 Å². The van der Waals surface area contributed by atoms with E-state index in [2.05, 4.69) is 145 Å². The van der Waals surface area contributed by atoms with Crippen LogP contribution >= 0.6 is 24.8 Å². The molecule has 4 aromatic carbocycles. The molecule has 53 heavy (non-hydrogen) atoms. The predicted molar refractivity (Wildman–Crippen MR) is 228 cm³/mol. The van der Waals surface area contributed by atoms with Crippen LogP contribution in [-0.2, 0) is 0 Å². The van der Waals surface area contributed by atoms with Gasteiger partial charge in [-0.1, -0.05) is 115 Å². The Labute approximate surface area is 332 Å². The van der Waals surface area contributed by atoms with Gasteiger partial charge in [0.2, 0.25) is 0 Å². The van der Waals surface area contributed by atoms with Crippen LogP contribution in [0.1, 0.15) is 59.8 Å². The third-order valence-electron chi connectivity index (χ3n) is 12.5. The van der Waals surface area contributed by atoms with Crippen molar-refractivity contribution >= 4 is 24.8 Å². The van der Waals surface area contributed by atoms with Gasteiger partial charge in [-0.2, -0.15) is 0 Å². The van der Waals surface area contributed by atoms with Gasteiger partial charge in [0.15, 0.2) is 0 Å². The average Bonchev–Trinajstić information content (AvgIpc) is 3.15. The number of hydrogen-bond donors (Lipinski definition) is 1. The average molecular weight is 758 g/mol. The molecule has 0 radical (unpaired) electrons. The molecule has 5 nitrogen and oxygen atoms in total. The van der Waals surface area contributed by atoms with E-state index in [0.29, 0.717) is 11.8 Å². The van der Waals surface area contributed by atoms with Gasteiger partial charge in [0.05, 0.1) is 5.60 Å².